The van der Waals surface area contributed by atoms with Crippen molar-refractivity contribution < 1.29 is 28.6 Å². The summed E-state index contributed by atoms with van der Waals surface area (Å²) in [6.45, 7) is 4.93. The number of para-hydroxylation sites is 1. The molecule has 0 fully saturated rings. The summed E-state index contributed by atoms with van der Waals surface area (Å²) in [5.41, 5.74) is -3.05. The summed E-state index contributed by atoms with van der Waals surface area (Å²) in [5.74, 6) is -1.52. The lowest BCUT2D eigenvalue weighted by Crippen LogP contribution is -2.69. The number of carbonyl (C=O) groups is 3. The number of methoxy groups -OCH3 is 1. The van der Waals surface area contributed by atoms with E-state index in [-0.39, 0.29) is 12.2 Å². The van der Waals surface area contributed by atoms with Crippen LogP contribution >= 0.6 is 0 Å². The monoisotopic (exact) mass is 541 g/mol. The summed E-state index contributed by atoms with van der Waals surface area (Å²) in [6.07, 6.45) is -0.919. The molecule has 0 spiro atoms. The van der Waals surface area contributed by atoms with Crippen LogP contribution in [0.2, 0.25) is 0 Å². The molecule has 1 heterocycles. The van der Waals surface area contributed by atoms with Crippen LogP contribution in [-0.2, 0) is 41.5 Å². The van der Waals surface area contributed by atoms with Crippen molar-refractivity contribution in [2.45, 2.75) is 44.1 Å². The molecule has 4 rings (SSSR count). The maximum Gasteiger partial charge on any atom is 0.408 e. The van der Waals surface area contributed by atoms with Crippen LogP contribution in [0.15, 0.2) is 78.9 Å². The van der Waals surface area contributed by atoms with Gasteiger partial charge in [0.2, 0.25) is 5.60 Å². The molecule has 9 nitrogen and oxygen atoms in total. The Morgan fingerprint density at radius 1 is 0.975 bits per heavy atom. The molecule has 206 valence electrons. The Bertz CT molecular complexity index is 1460. The van der Waals surface area contributed by atoms with Gasteiger partial charge in [0.25, 0.3) is 5.91 Å². The largest absolute Gasteiger partial charge is 0.467 e. The molecule has 0 bridgehead atoms. The van der Waals surface area contributed by atoms with E-state index in [0.717, 1.165) is 0 Å². The van der Waals surface area contributed by atoms with Gasteiger partial charge in [-0.1, -0.05) is 60.7 Å². The molecule has 0 aliphatic carbocycles. The minimum atomic E-state index is -2.20. The van der Waals surface area contributed by atoms with Gasteiger partial charge in [0.1, 0.15) is 5.60 Å². The summed E-state index contributed by atoms with van der Waals surface area (Å²) >= 11 is 0. The Labute approximate surface area is 233 Å². The highest BCUT2D eigenvalue weighted by molar-refractivity contribution is 6.13. The van der Waals surface area contributed by atoms with Crippen molar-refractivity contribution in [1.82, 2.24) is 5.32 Å². The number of ether oxygens (including phenoxy) is 3. The Morgan fingerprint density at radius 2 is 1.60 bits per heavy atom. The van der Waals surface area contributed by atoms with Gasteiger partial charge in [0.05, 0.1) is 25.3 Å². The molecular weight excluding hydrogens is 510 g/mol. The minimum absolute atomic E-state index is 0.160. The first-order chi connectivity index (χ1) is 19.0. The number of fused-ring (bicyclic) bond motifs is 1. The number of amides is 2. The number of nitrogens with one attached hydrogen (secondary N) is 1. The zero-order chi connectivity index (χ0) is 29.1. The van der Waals surface area contributed by atoms with Crippen molar-refractivity contribution in [2.75, 3.05) is 19.1 Å². The van der Waals surface area contributed by atoms with Gasteiger partial charge in [0, 0.05) is 18.3 Å². The summed E-state index contributed by atoms with van der Waals surface area (Å²) in [6, 6.07) is 24.0. The van der Waals surface area contributed by atoms with E-state index in [1.165, 1.54) is 12.0 Å². The third-order valence-electron chi connectivity index (χ3n) is 6.70. The van der Waals surface area contributed by atoms with Gasteiger partial charge < -0.3 is 19.1 Å². The Kier molecular flexibility index (Phi) is 7.67. The maximum absolute atomic E-state index is 14.5. The molecular formula is C31H31N3O6. The van der Waals surface area contributed by atoms with Gasteiger partial charge in [-0.05, 0) is 50.1 Å². The summed E-state index contributed by atoms with van der Waals surface area (Å²) in [7, 11) is 2.76. The lowest BCUT2D eigenvalue weighted by atomic mass is 9.70. The van der Waals surface area contributed by atoms with Gasteiger partial charge in [-0.3, -0.25) is 10.1 Å². The third kappa shape index (κ3) is 4.78. The van der Waals surface area contributed by atoms with Gasteiger partial charge in [0.15, 0.2) is 5.54 Å². The number of esters is 1. The second-order valence-electron chi connectivity index (χ2n) is 10.4. The Hall–Kier alpha value is -4.68. The van der Waals surface area contributed by atoms with Gasteiger partial charge in [-0.25, -0.2) is 9.59 Å². The standard InChI is InChI=1S/C31H31N3O6/c1-29(2,3)40-28(37)33-30(24-13-9-10-14-25(24)34(4)26(30)35)31(27(36)38-5,23-11-7-6-8-12-23)39-20-22-17-15-21(19-32)16-18-22/h6-18H,20H2,1-5H3,(H,33,37)/t30-,31+/m1/s1. The van der Waals surface area contributed by atoms with Crippen LogP contribution in [0.5, 0.6) is 0 Å². The van der Waals surface area contributed by atoms with Crippen molar-refractivity contribution in [3.8, 4) is 6.07 Å². The zero-order valence-electron chi connectivity index (χ0n) is 23.1. The number of hydrogen-bond donors (Lipinski definition) is 1. The number of nitrogens with zero attached hydrogens (tertiary/aromatic N) is 2. The molecule has 2 amide bonds. The van der Waals surface area contributed by atoms with Crippen LogP contribution < -0.4 is 10.2 Å². The van der Waals surface area contributed by atoms with Crippen LogP contribution in [-0.4, -0.2) is 37.7 Å². The van der Waals surface area contributed by atoms with Gasteiger partial charge in [-0.2, -0.15) is 5.26 Å². The van der Waals surface area contributed by atoms with Crippen LogP contribution in [0, 0.1) is 11.3 Å². The number of alkyl carbamates (subject to hydrolysis) is 1. The van der Waals surface area contributed by atoms with Crippen molar-refractivity contribution in [3.05, 3.63) is 101 Å². The normalized spacial score (nSPS) is 17.8. The lowest BCUT2D eigenvalue weighted by Gasteiger charge is -2.45. The number of carbonyl (C=O) groups excluding carboxylic acids is 3. The molecule has 0 radical (unpaired) electrons. The van der Waals surface area contributed by atoms with E-state index < -0.39 is 34.7 Å². The Balaban J connectivity index is 2.02. The first-order valence-electron chi connectivity index (χ1n) is 12.7. The molecule has 2 atom stereocenters. The van der Waals surface area contributed by atoms with E-state index in [9.17, 15) is 19.6 Å². The fourth-order valence-electron chi connectivity index (χ4n) is 4.99. The van der Waals surface area contributed by atoms with Gasteiger partial charge in [-0.15, -0.1) is 0 Å². The number of anilines is 1. The first-order valence-corrected chi connectivity index (χ1v) is 12.7. The fraction of sp³-hybridized carbons (Fsp3) is 0.290. The average molecular weight is 542 g/mol. The van der Waals surface area contributed by atoms with Crippen molar-refractivity contribution in [3.63, 3.8) is 0 Å². The van der Waals surface area contributed by atoms with E-state index in [4.69, 9.17) is 14.2 Å². The van der Waals surface area contributed by atoms with Crippen molar-refractivity contribution >= 4 is 23.7 Å². The maximum atomic E-state index is 14.5. The first kappa shape index (κ1) is 28.3. The number of rotatable bonds is 7. The van der Waals surface area contributed by atoms with Crippen LogP contribution in [0.3, 0.4) is 0 Å². The van der Waals surface area contributed by atoms with E-state index in [2.05, 4.69) is 11.4 Å². The van der Waals surface area contributed by atoms with Crippen LogP contribution in [0.25, 0.3) is 0 Å². The number of nitriles is 1. The van der Waals surface area contributed by atoms with E-state index in [0.29, 0.717) is 22.4 Å². The number of benzene rings is 3. The molecule has 1 aliphatic heterocycles. The lowest BCUT2D eigenvalue weighted by molar-refractivity contribution is -0.192. The highest BCUT2D eigenvalue weighted by Gasteiger charge is 2.70. The molecule has 0 saturated carbocycles. The Morgan fingerprint density at radius 3 is 2.20 bits per heavy atom. The molecule has 3 aromatic rings. The molecule has 0 unspecified atom stereocenters. The van der Waals surface area contributed by atoms with Crippen LogP contribution in [0.4, 0.5) is 10.5 Å². The molecule has 9 heteroatoms. The molecule has 1 aliphatic rings. The minimum Gasteiger partial charge on any atom is -0.467 e. The third-order valence-corrected chi connectivity index (χ3v) is 6.70. The van der Waals surface area contributed by atoms with E-state index in [1.807, 2.05) is 0 Å². The highest BCUT2D eigenvalue weighted by Crippen LogP contribution is 2.53. The number of hydrogen-bond acceptors (Lipinski definition) is 7. The van der Waals surface area contributed by atoms with Crippen LogP contribution in [0.1, 0.15) is 43.0 Å². The summed E-state index contributed by atoms with van der Waals surface area (Å²) in [5, 5.41) is 12.0. The molecule has 0 saturated heterocycles. The number of likely N-dealkylation sites (N-methyl/N-ethyl adjacent to an activating group) is 1. The van der Waals surface area contributed by atoms with Gasteiger partial charge >= 0.3 is 12.1 Å². The topological polar surface area (TPSA) is 118 Å². The fourth-order valence-corrected chi connectivity index (χ4v) is 4.99. The van der Waals surface area contributed by atoms with Crippen molar-refractivity contribution in [1.29, 1.82) is 5.26 Å². The summed E-state index contributed by atoms with van der Waals surface area (Å²) < 4.78 is 17.5. The smallest absolute Gasteiger partial charge is 0.408 e. The predicted octanol–water partition coefficient (Wildman–Crippen LogP) is 4.54. The second-order valence-corrected chi connectivity index (χ2v) is 10.4. The zero-order valence-corrected chi connectivity index (χ0v) is 23.1. The van der Waals surface area contributed by atoms with Crippen molar-refractivity contribution in [2.24, 2.45) is 0 Å². The molecule has 1 N–H and O–H groups in total. The molecule has 3 aromatic carbocycles. The second kappa shape index (κ2) is 10.8. The SMILES string of the molecule is COC(=O)[C@@](OCc1ccc(C#N)cc1)(c1ccccc1)[C@]1(NC(=O)OC(C)(C)C)C(=O)N(C)c2ccccc21. The summed E-state index contributed by atoms with van der Waals surface area (Å²) in [4.78, 5) is 43.4. The highest BCUT2D eigenvalue weighted by atomic mass is 16.6. The van der Waals surface area contributed by atoms with E-state index in [1.54, 1.807) is 107 Å². The average Bonchev–Trinajstić information content (AvgIpc) is 3.15. The predicted molar refractivity (Wildman–Crippen MR) is 147 cm³/mol. The van der Waals surface area contributed by atoms with E-state index >= 15 is 0 Å². The molecule has 40 heavy (non-hydrogen) atoms. The quantitative estimate of drug-likeness (QED) is 0.436. The molecule has 0 aromatic heterocycles.